The SMILES string of the molecule is [NH3+]C(=O)NCl. The van der Waals surface area contributed by atoms with Crippen LogP contribution in [-0.2, 0) is 0 Å². The van der Waals surface area contributed by atoms with E-state index in [0.717, 1.165) is 0 Å². The van der Waals surface area contributed by atoms with E-state index in [-0.39, 0.29) is 0 Å². The van der Waals surface area contributed by atoms with Gasteiger partial charge < -0.3 is 0 Å². The third-order valence-corrected chi connectivity index (χ3v) is 0.316. The second kappa shape index (κ2) is 1.99. The fraction of sp³-hybridized carbons (Fsp3) is 0. The zero-order valence-electron chi connectivity index (χ0n) is 2.49. The van der Waals surface area contributed by atoms with Crippen LogP contribution in [-0.4, -0.2) is 6.03 Å². The smallest absolute Gasteiger partial charge is 0.273 e. The van der Waals surface area contributed by atoms with E-state index in [4.69, 9.17) is 0 Å². The Labute approximate surface area is 34.2 Å². The minimum Gasteiger partial charge on any atom is -0.273 e. The second-order valence-electron chi connectivity index (χ2n) is 0.518. The third-order valence-electron chi connectivity index (χ3n) is 0.105. The lowest BCUT2D eigenvalue weighted by atomic mass is 11.2. The van der Waals surface area contributed by atoms with E-state index in [1.54, 1.807) is 4.84 Å². The first-order chi connectivity index (χ1) is 2.27. The summed E-state index contributed by atoms with van der Waals surface area (Å²) in [5.41, 5.74) is 2.88. The maximum Gasteiger partial charge on any atom is 0.426 e. The molecule has 0 saturated heterocycles. The van der Waals surface area contributed by atoms with Gasteiger partial charge >= 0.3 is 6.03 Å². The molecule has 0 aromatic rings. The van der Waals surface area contributed by atoms with E-state index < -0.39 is 6.03 Å². The van der Waals surface area contributed by atoms with Crippen LogP contribution in [0, 0.1) is 0 Å². The molecule has 5 heavy (non-hydrogen) atoms. The van der Waals surface area contributed by atoms with E-state index in [0.29, 0.717) is 0 Å². The van der Waals surface area contributed by atoms with Crippen molar-refractivity contribution in [3.05, 3.63) is 0 Å². The topological polar surface area (TPSA) is 56.7 Å². The van der Waals surface area contributed by atoms with Crippen LogP contribution >= 0.6 is 11.8 Å². The van der Waals surface area contributed by atoms with E-state index >= 15 is 0 Å². The maximum atomic E-state index is 9.46. The third kappa shape index (κ3) is 3.72. The van der Waals surface area contributed by atoms with Gasteiger partial charge in [0.15, 0.2) is 0 Å². The number of halogens is 1. The molecule has 0 aromatic carbocycles. The molecule has 3 nitrogen and oxygen atoms in total. The summed E-state index contributed by atoms with van der Waals surface area (Å²) in [4.78, 5) is 11.2. The molecule has 0 aliphatic carbocycles. The van der Waals surface area contributed by atoms with E-state index in [1.807, 2.05) is 0 Å². The lowest BCUT2D eigenvalue weighted by Crippen LogP contribution is -2.60. The Hall–Kier alpha value is -0.280. The van der Waals surface area contributed by atoms with Crippen molar-refractivity contribution >= 4 is 17.8 Å². The summed E-state index contributed by atoms with van der Waals surface area (Å²) in [5.74, 6) is 0. The van der Waals surface area contributed by atoms with Crippen LogP contribution < -0.4 is 10.6 Å². The number of quaternary nitrogens is 1. The average Bonchev–Trinajstić information content (AvgIpc) is 1.38. The number of amides is 2. The zero-order chi connectivity index (χ0) is 4.28. The number of hydrogen-bond acceptors (Lipinski definition) is 1. The van der Waals surface area contributed by atoms with Crippen molar-refractivity contribution in [2.45, 2.75) is 0 Å². The zero-order valence-corrected chi connectivity index (χ0v) is 3.25. The number of hydrogen-bond donors (Lipinski definition) is 2. The van der Waals surface area contributed by atoms with Crippen LogP contribution in [0.4, 0.5) is 4.79 Å². The molecule has 0 saturated carbocycles. The molecular weight excluding hydrogens is 91.5 g/mol. The molecule has 0 bridgehead atoms. The lowest BCUT2D eigenvalue weighted by Gasteiger charge is -1.71. The van der Waals surface area contributed by atoms with Crippen molar-refractivity contribution in [2.75, 3.05) is 0 Å². The molecule has 0 aromatic heterocycles. The van der Waals surface area contributed by atoms with Crippen LogP contribution in [0.3, 0.4) is 0 Å². The van der Waals surface area contributed by atoms with Crippen molar-refractivity contribution in [3.63, 3.8) is 0 Å². The minimum atomic E-state index is -0.480. The second-order valence-corrected chi connectivity index (χ2v) is 0.707. The predicted octanol–water partition coefficient (Wildman–Crippen LogP) is -0.908. The largest absolute Gasteiger partial charge is 0.426 e. The first kappa shape index (κ1) is 4.72. The van der Waals surface area contributed by atoms with Gasteiger partial charge in [0.25, 0.3) is 0 Å². The van der Waals surface area contributed by atoms with Crippen molar-refractivity contribution in [1.29, 1.82) is 0 Å². The molecule has 0 rings (SSSR count). The van der Waals surface area contributed by atoms with Gasteiger partial charge in [0.1, 0.15) is 0 Å². The molecule has 0 spiro atoms. The number of carbonyl (C=O) groups excluding carboxylic acids is 1. The molecule has 30 valence electrons. The molecule has 2 amide bonds. The summed E-state index contributed by atoms with van der Waals surface area (Å²) < 4.78 is 0. The van der Waals surface area contributed by atoms with Crippen LogP contribution in [0.25, 0.3) is 0 Å². The Kier molecular flexibility index (Phi) is 1.88. The van der Waals surface area contributed by atoms with Crippen molar-refractivity contribution < 1.29 is 10.5 Å². The van der Waals surface area contributed by atoms with Crippen molar-refractivity contribution in [1.82, 2.24) is 4.84 Å². The van der Waals surface area contributed by atoms with Crippen LogP contribution in [0.2, 0.25) is 0 Å². The molecule has 0 fully saturated rings. The van der Waals surface area contributed by atoms with Crippen LogP contribution in [0.1, 0.15) is 0 Å². The lowest BCUT2D eigenvalue weighted by molar-refractivity contribution is -0.248. The van der Waals surface area contributed by atoms with Gasteiger partial charge in [0.2, 0.25) is 0 Å². The number of urea groups is 1. The molecular formula is CH4ClN2O+. The van der Waals surface area contributed by atoms with E-state index in [9.17, 15) is 4.79 Å². The van der Waals surface area contributed by atoms with Crippen LogP contribution in [0.5, 0.6) is 0 Å². The maximum absolute atomic E-state index is 9.46. The van der Waals surface area contributed by atoms with Gasteiger partial charge in [-0.25, -0.2) is 9.63 Å². The molecule has 0 unspecified atom stereocenters. The first-order valence-electron chi connectivity index (χ1n) is 0.997. The monoisotopic (exact) mass is 95.0 g/mol. The highest BCUT2D eigenvalue weighted by Crippen LogP contribution is 1.51. The van der Waals surface area contributed by atoms with Crippen molar-refractivity contribution in [2.24, 2.45) is 0 Å². The van der Waals surface area contributed by atoms with Gasteiger partial charge in [-0.15, -0.1) is 0 Å². The molecule has 4 N–H and O–H groups in total. The normalized spacial score (nSPS) is 6.80. The Balaban J connectivity index is 2.85. The fourth-order valence-corrected chi connectivity index (χ4v) is 0. The predicted molar refractivity (Wildman–Crippen MR) is 17.3 cm³/mol. The fourth-order valence-electron chi connectivity index (χ4n) is 0. The van der Waals surface area contributed by atoms with E-state index in [1.165, 1.54) is 0 Å². The summed E-state index contributed by atoms with van der Waals surface area (Å²) in [7, 11) is 0. The Morgan fingerprint density at radius 2 is 2.20 bits per heavy atom. The molecule has 0 aliphatic heterocycles. The molecule has 0 heterocycles. The summed E-state index contributed by atoms with van der Waals surface area (Å²) in [6, 6.07) is -0.480. The Bertz CT molecular complexity index is 44.9. The molecule has 0 aliphatic rings. The Morgan fingerprint density at radius 1 is 2.00 bits per heavy atom. The first-order valence-corrected chi connectivity index (χ1v) is 1.37. The van der Waals surface area contributed by atoms with Gasteiger partial charge in [-0.05, 0) is 0 Å². The van der Waals surface area contributed by atoms with Gasteiger partial charge in [-0.2, -0.15) is 0 Å². The average molecular weight is 95.5 g/mol. The molecule has 0 atom stereocenters. The number of nitrogens with one attached hydrogen (secondary N) is 1. The summed E-state index contributed by atoms with van der Waals surface area (Å²) in [6.45, 7) is 0. The van der Waals surface area contributed by atoms with Gasteiger partial charge in [-0.1, -0.05) is 0 Å². The molecule has 4 heteroatoms. The highest BCUT2D eigenvalue weighted by molar-refractivity contribution is 6.19. The summed E-state index contributed by atoms with van der Waals surface area (Å²) >= 11 is 4.67. The highest BCUT2D eigenvalue weighted by atomic mass is 35.5. The highest BCUT2D eigenvalue weighted by Gasteiger charge is 1.82. The van der Waals surface area contributed by atoms with Gasteiger partial charge in [0.05, 0.1) is 0 Å². The quantitative estimate of drug-likeness (QED) is 0.376. The number of rotatable bonds is 0. The van der Waals surface area contributed by atoms with E-state index in [2.05, 4.69) is 17.5 Å². The van der Waals surface area contributed by atoms with Crippen LogP contribution in [0.15, 0.2) is 0 Å². The van der Waals surface area contributed by atoms with Crippen molar-refractivity contribution in [3.8, 4) is 0 Å². The van der Waals surface area contributed by atoms with Gasteiger partial charge in [0, 0.05) is 11.8 Å². The summed E-state index contributed by atoms with van der Waals surface area (Å²) in [6.07, 6.45) is 0. The minimum absolute atomic E-state index is 0.480. The van der Waals surface area contributed by atoms with Gasteiger partial charge in [-0.3, -0.25) is 5.73 Å². The summed E-state index contributed by atoms with van der Waals surface area (Å²) in [5, 5.41) is 0. The standard InChI is InChI=1S/CH3ClN2O/c2-4-1(3)5/h(H3,3,4,5)/p+1. The number of carbonyl (C=O) groups is 1. The molecule has 0 radical (unpaired) electrons. The Morgan fingerprint density at radius 3 is 2.20 bits per heavy atom.